The zero-order valence-electron chi connectivity index (χ0n) is 11.6. The average molecular weight is 341 g/mol. The molecule has 0 aliphatic carbocycles. The number of hydrogen-bond donors (Lipinski definition) is 1. The molecule has 1 unspecified atom stereocenters. The van der Waals surface area contributed by atoms with Crippen molar-refractivity contribution >= 4 is 15.9 Å². The molecule has 108 valence electrons. The van der Waals surface area contributed by atoms with Gasteiger partial charge in [0.1, 0.15) is 11.6 Å². The first kappa shape index (κ1) is 15.2. The van der Waals surface area contributed by atoms with Crippen LogP contribution < -0.4 is 5.32 Å². The number of hydrogen-bond acceptors (Lipinski definition) is 3. The third-order valence-electron chi connectivity index (χ3n) is 3.15. The van der Waals surface area contributed by atoms with Gasteiger partial charge in [0.05, 0.1) is 16.8 Å². The Hall–Kier alpha value is -1.17. The molecule has 0 aliphatic rings. The summed E-state index contributed by atoms with van der Waals surface area (Å²) in [7, 11) is 4.03. The van der Waals surface area contributed by atoms with E-state index in [1.54, 1.807) is 18.4 Å². The second-order valence-corrected chi connectivity index (χ2v) is 5.73. The molecule has 0 saturated carbocycles. The molecule has 2 aromatic rings. The molecule has 1 heterocycles. The molecule has 5 heteroatoms. The number of furan rings is 1. The highest BCUT2D eigenvalue weighted by Gasteiger charge is 2.16. The monoisotopic (exact) mass is 340 g/mol. The second kappa shape index (κ2) is 7.02. The molecule has 3 nitrogen and oxygen atoms in total. The Morgan fingerprint density at radius 1 is 1.35 bits per heavy atom. The van der Waals surface area contributed by atoms with Crippen LogP contribution in [0.2, 0.25) is 0 Å². The fraction of sp³-hybridized carbons (Fsp3) is 0.333. The van der Waals surface area contributed by atoms with Crippen molar-refractivity contribution < 1.29 is 8.81 Å². The lowest BCUT2D eigenvalue weighted by Gasteiger charge is -2.22. The summed E-state index contributed by atoms with van der Waals surface area (Å²) in [4.78, 5) is 2.10. The van der Waals surface area contributed by atoms with Crippen LogP contribution in [0, 0.1) is 5.82 Å². The third kappa shape index (κ3) is 3.91. The van der Waals surface area contributed by atoms with Crippen LogP contribution in [0.4, 0.5) is 4.39 Å². The van der Waals surface area contributed by atoms with Gasteiger partial charge in [0.2, 0.25) is 0 Å². The predicted octanol–water partition coefficient (Wildman–Crippen LogP) is 3.57. The van der Waals surface area contributed by atoms with Crippen LogP contribution in [0.15, 0.2) is 45.5 Å². The number of likely N-dealkylation sites (N-methyl/N-ethyl adjacent to an activating group) is 1. The van der Waals surface area contributed by atoms with Crippen molar-refractivity contribution in [1.82, 2.24) is 10.2 Å². The zero-order chi connectivity index (χ0) is 14.5. The summed E-state index contributed by atoms with van der Waals surface area (Å²) in [5, 5.41) is 3.37. The molecule has 1 N–H and O–H groups in total. The van der Waals surface area contributed by atoms with E-state index in [0.717, 1.165) is 17.9 Å². The smallest absolute Gasteiger partial charge is 0.137 e. The number of rotatable bonds is 6. The van der Waals surface area contributed by atoms with Gasteiger partial charge in [-0.05, 0) is 59.9 Å². The van der Waals surface area contributed by atoms with Crippen molar-refractivity contribution in [2.45, 2.75) is 12.6 Å². The molecular formula is C15H18BrFN2O. The largest absolute Gasteiger partial charge is 0.468 e. The minimum atomic E-state index is -0.240. The minimum absolute atomic E-state index is 0.175. The Morgan fingerprint density at radius 2 is 2.15 bits per heavy atom. The van der Waals surface area contributed by atoms with Gasteiger partial charge >= 0.3 is 0 Å². The predicted molar refractivity (Wildman–Crippen MR) is 80.9 cm³/mol. The molecular weight excluding hydrogens is 323 g/mol. The van der Waals surface area contributed by atoms with Crippen molar-refractivity contribution in [3.63, 3.8) is 0 Å². The van der Waals surface area contributed by atoms with Gasteiger partial charge in [-0.25, -0.2) is 4.39 Å². The van der Waals surface area contributed by atoms with E-state index in [-0.39, 0.29) is 11.9 Å². The van der Waals surface area contributed by atoms with Crippen LogP contribution >= 0.6 is 15.9 Å². The topological polar surface area (TPSA) is 28.4 Å². The fourth-order valence-corrected chi connectivity index (χ4v) is 2.45. The summed E-state index contributed by atoms with van der Waals surface area (Å²) in [5.41, 5.74) is 1.04. The molecule has 1 atom stereocenters. The van der Waals surface area contributed by atoms with Crippen molar-refractivity contribution in [3.05, 3.63) is 58.2 Å². The van der Waals surface area contributed by atoms with Gasteiger partial charge in [-0.2, -0.15) is 0 Å². The average Bonchev–Trinajstić information content (AvgIpc) is 2.92. The lowest BCUT2D eigenvalue weighted by atomic mass is 10.2. The molecule has 0 radical (unpaired) electrons. The number of nitrogens with zero attached hydrogens (tertiary/aromatic N) is 1. The van der Waals surface area contributed by atoms with E-state index in [1.807, 2.05) is 26.2 Å². The van der Waals surface area contributed by atoms with E-state index in [2.05, 4.69) is 26.1 Å². The van der Waals surface area contributed by atoms with E-state index in [4.69, 9.17) is 4.42 Å². The number of halogens is 2. The maximum Gasteiger partial charge on any atom is 0.137 e. The van der Waals surface area contributed by atoms with Crippen molar-refractivity contribution in [2.75, 3.05) is 20.6 Å². The second-order valence-electron chi connectivity index (χ2n) is 4.87. The van der Waals surface area contributed by atoms with E-state index in [0.29, 0.717) is 11.0 Å². The van der Waals surface area contributed by atoms with Crippen molar-refractivity contribution in [2.24, 2.45) is 0 Å². The summed E-state index contributed by atoms with van der Waals surface area (Å²) < 4.78 is 19.1. The Labute approximate surface area is 126 Å². The molecule has 1 aromatic heterocycles. The molecule has 0 spiro atoms. The number of nitrogens with one attached hydrogen (secondary N) is 1. The van der Waals surface area contributed by atoms with Crippen LogP contribution in [-0.2, 0) is 6.54 Å². The first-order valence-corrected chi connectivity index (χ1v) is 7.21. The van der Waals surface area contributed by atoms with E-state index < -0.39 is 0 Å². The van der Waals surface area contributed by atoms with E-state index >= 15 is 0 Å². The van der Waals surface area contributed by atoms with Gasteiger partial charge in [-0.3, -0.25) is 4.90 Å². The Morgan fingerprint density at radius 3 is 2.75 bits per heavy atom. The normalized spacial score (nSPS) is 12.8. The fourth-order valence-electron chi connectivity index (χ4n) is 2.02. The van der Waals surface area contributed by atoms with Crippen LogP contribution in [-0.4, -0.2) is 25.5 Å². The van der Waals surface area contributed by atoms with Gasteiger partial charge in [0.15, 0.2) is 0 Å². The molecule has 20 heavy (non-hydrogen) atoms. The highest BCUT2D eigenvalue weighted by atomic mass is 79.9. The van der Waals surface area contributed by atoms with Gasteiger partial charge in [0, 0.05) is 13.1 Å². The molecule has 0 saturated heterocycles. The van der Waals surface area contributed by atoms with Crippen LogP contribution in [0.3, 0.4) is 0 Å². The first-order valence-electron chi connectivity index (χ1n) is 6.42. The lowest BCUT2D eigenvalue weighted by molar-refractivity contribution is 0.250. The van der Waals surface area contributed by atoms with Crippen LogP contribution in [0.1, 0.15) is 17.4 Å². The molecule has 0 aliphatic heterocycles. The quantitative estimate of drug-likeness (QED) is 0.871. The standard InChI is InChI=1S/C15H18BrFN2O/c1-19(2)14(15-4-3-7-20-15)10-18-9-11-5-6-13(17)12(16)8-11/h3-8,14,18H,9-10H2,1-2H3. The van der Waals surface area contributed by atoms with Gasteiger partial charge in [-0.15, -0.1) is 0 Å². The molecule has 0 amide bonds. The van der Waals surface area contributed by atoms with E-state index in [9.17, 15) is 4.39 Å². The van der Waals surface area contributed by atoms with Crippen LogP contribution in [0.5, 0.6) is 0 Å². The first-order chi connectivity index (χ1) is 9.58. The Balaban J connectivity index is 1.92. The Kier molecular flexibility index (Phi) is 5.34. The summed E-state index contributed by atoms with van der Waals surface area (Å²) >= 11 is 3.20. The van der Waals surface area contributed by atoms with Crippen LogP contribution in [0.25, 0.3) is 0 Å². The maximum atomic E-state index is 13.2. The van der Waals surface area contributed by atoms with E-state index in [1.165, 1.54) is 6.07 Å². The molecule has 0 fully saturated rings. The maximum absolute atomic E-state index is 13.2. The molecule has 2 rings (SSSR count). The van der Waals surface area contributed by atoms with Crippen molar-refractivity contribution in [3.8, 4) is 0 Å². The molecule has 1 aromatic carbocycles. The zero-order valence-corrected chi connectivity index (χ0v) is 13.2. The summed E-state index contributed by atoms with van der Waals surface area (Å²) in [5.74, 6) is 0.693. The lowest BCUT2D eigenvalue weighted by Crippen LogP contribution is -2.30. The minimum Gasteiger partial charge on any atom is -0.468 e. The highest BCUT2D eigenvalue weighted by molar-refractivity contribution is 9.10. The number of benzene rings is 1. The van der Waals surface area contributed by atoms with Crippen molar-refractivity contribution in [1.29, 1.82) is 0 Å². The van der Waals surface area contributed by atoms with Gasteiger partial charge in [-0.1, -0.05) is 6.07 Å². The third-order valence-corrected chi connectivity index (χ3v) is 3.75. The van der Waals surface area contributed by atoms with Gasteiger partial charge in [0.25, 0.3) is 0 Å². The summed E-state index contributed by atoms with van der Waals surface area (Å²) in [6, 6.07) is 9.08. The summed E-state index contributed by atoms with van der Waals surface area (Å²) in [6.45, 7) is 1.44. The Bertz CT molecular complexity index is 543. The SMILES string of the molecule is CN(C)C(CNCc1ccc(F)c(Br)c1)c1ccco1. The summed E-state index contributed by atoms with van der Waals surface area (Å²) in [6.07, 6.45) is 1.68. The van der Waals surface area contributed by atoms with Gasteiger partial charge < -0.3 is 9.73 Å². The molecule has 0 bridgehead atoms. The highest BCUT2D eigenvalue weighted by Crippen LogP contribution is 2.19.